The smallest absolute Gasteiger partial charge is 0.411 e. The summed E-state index contributed by atoms with van der Waals surface area (Å²) < 4.78 is 51.8. The van der Waals surface area contributed by atoms with E-state index in [9.17, 15) is 18.0 Å². The van der Waals surface area contributed by atoms with Crippen LogP contribution in [-0.4, -0.2) is 81.0 Å². The fourth-order valence-electron chi connectivity index (χ4n) is 3.12. The van der Waals surface area contributed by atoms with E-state index in [0.29, 0.717) is 69.4 Å². The summed E-state index contributed by atoms with van der Waals surface area (Å²) in [7, 11) is 0. The van der Waals surface area contributed by atoms with Crippen molar-refractivity contribution in [2.75, 3.05) is 59.2 Å². The number of carbonyl (C=O) groups is 1. The average molecular weight is 418 g/mol. The van der Waals surface area contributed by atoms with Crippen LogP contribution in [-0.2, 0) is 4.74 Å². The lowest BCUT2D eigenvalue weighted by Gasteiger charge is -2.34. The molecule has 29 heavy (non-hydrogen) atoms. The molecular formula is C20H29F3N2O4. The Labute approximate surface area is 169 Å². The lowest BCUT2D eigenvalue weighted by molar-refractivity contribution is -0.174. The van der Waals surface area contributed by atoms with Crippen molar-refractivity contribution < 1.29 is 32.2 Å². The second-order valence-corrected chi connectivity index (χ2v) is 6.68. The van der Waals surface area contributed by atoms with Crippen molar-refractivity contribution >= 4 is 5.91 Å². The summed E-state index contributed by atoms with van der Waals surface area (Å²) in [6, 6.07) is 5.19. The molecule has 1 heterocycles. The maximum Gasteiger partial charge on any atom is 0.411 e. The maximum atomic E-state index is 12.8. The molecule has 6 nitrogen and oxygen atoms in total. The number of carbonyl (C=O) groups excluding carboxylic acids is 1. The van der Waals surface area contributed by atoms with Gasteiger partial charge in [0.15, 0.2) is 11.5 Å². The molecule has 1 fully saturated rings. The molecule has 164 valence electrons. The van der Waals surface area contributed by atoms with Crippen LogP contribution >= 0.6 is 0 Å². The molecule has 0 N–H and O–H groups in total. The predicted octanol–water partition coefficient (Wildman–Crippen LogP) is 3.21. The Morgan fingerprint density at radius 3 is 2.31 bits per heavy atom. The van der Waals surface area contributed by atoms with E-state index in [1.807, 2.05) is 13.8 Å². The Bertz CT molecular complexity index is 647. The van der Waals surface area contributed by atoms with Crippen molar-refractivity contribution in [3.63, 3.8) is 0 Å². The molecular weight excluding hydrogens is 389 g/mol. The molecule has 1 aliphatic rings. The standard InChI is InChI=1S/C20H29F3N2O4/c1-3-28-17-7-6-16(14-18(17)29-4-2)19(26)25-11-9-24(10-12-25)8-5-13-27-15-20(21,22)23/h6-7,14H,3-5,8-13,15H2,1-2H3. The molecule has 2 rings (SSSR count). The topological polar surface area (TPSA) is 51.2 Å². The molecule has 0 atom stereocenters. The van der Waals surface area contributed by atoms with Crippen molar-refractivity contribution in [2.24, 2.45) is 0 Å². The van der Waals surface area contributed by atoms with Crippen LogP contribution in [0.4, 0.5) is 13.2 Å². The summed E-state index contributed by atoms with van der Waals surface area (Å²) in [5.41, 5.74) is 0.547. The number of nitrogens with zero attached hydrogens (tertiary/aromatic N) is 2. The minimum absolute atomic E-state index is 0.0674. The van der Waals surface area contributed by atoms with Crippen molar-refractivity contribution in [2.45, 2.75) is 26.4 Å². The molecule has 0 bridgehead atoms. The van der Waals surface area contributed by atoms with Crippen molar-refractivity contribution in [1.82, 2.24) is 9.80 Å². The van der Waals surface area contributed by atoms with Crippen LogP contribution in [0.25, 0.3) is 0 Å². The fraction of sp³-hybridized carbons (Fsp3) is 0.650. The first-order valence-electron chi connectivity index (χ1n) is 9.89. The summed E-state index contributed by atoms with van der Waals surface area (Å²) in [6.45, 7) is 6.76. The highest BCUT2D eigenvalue weighted by Crippen LogP contribution is 2.29. The third-order valence-corrected chi connectivity index (χ3v) is 4.48. The van der Waals surface area contributed by atoms with Gasteiger partial charge in [0.2, 0.25) is 0 Å². The van der Waals surface area contributed by atoms with Crippen LogP contribution < -0.4 is 9.47 Å². The molecule has 0 aliphatic carbocycles. The van der Waals surface area contributed by atoms with E-state index in [-0.39, 0.29) is 12.5 Å². The summed E-state index contributed by atoms with van der Waals surface area (Å²) in [5, 5.41) is 0. The number of halogens is 3. The molecule has 9 heteroatoms. The first-order valence-corrected chi connectivity index (χ1v) is 9.89. The van der Waals surface area contributed by atoms with E-state index in [4.69, 9.17) is 9.47 Å². The van der Waals surface area contributed by atoms with E-state index in [2.05, 4.69) is 9.64 Å². The Morgan fingerprint density at radius 1 is 1.03 bits per heavy atom. The van der Waals surface area contributed by atoms with Crippen LogP contribution in [0.3, 0.4) is 0 Å². The van der Waals surface area contributed by atoms with Gasteiger partial charge in [-0.15, -0.1) is 0 Å². The molecule has 1 saturated heterocycles. The third-order valence-electron chi connectivity index (χ3n) is 4.48. The van der Waals surface area contributed by atoms with Crippen molar-refractivity contribution in [3.8, 4) is 11.5 Å². The number of rotatable bonds is 10. The van der Waals surface area contributed by atoms with Gasteiger partial charge in [-0.25, -0.2) is 0 Å². The Morgan fingerprint density at radius 2 is 1.69 bits per heavy atom. The monoisotopic (exact) mass is 418 g/mol. The highest BCUT2D eigenvalue weighted by atomic mass is 19.4. The van der Waals surface area contributed by atoms with Gasteiger partial charge < -0.3 is 19.1 Å². The quantitative estimate of drug-likeness (QED) is 0.546. The summed E-state index contributed by atoms with van der Waals surface area (Å²) in [5.74, 6) is 1.10. The van der Waals surface area contributed by atoms with E-state index in [1.54, 1.807) is 23.1 Å². The van der Waals surface area contributed by atoms with Gasteiger partial charge in [0.05, 0.1) is 13.2 Å². The zero-order valence-corrected chi connectivity index (χ0v) is 17.0. The molecule has 1 amide bonds. The average Bonchev–Trinajstić information content (AvgIpc) is 2.68. The molecule has 1 aliphatic heterocycles. The van der Waals surface area contributed by atoms with Gasteiger partial charge in [-0.05, 0) is 38.5 Å². The van der Waals surface area contributed by atoms with E-state index in [0.717, 1.165) is 0 Å². The maximum absolute atomic E-state index is 12.8. The number of hydrogen-bond acceptors (Lipinski definition) is 5. The minimum atomic E-state index is -4.28. The van der Waals surface area contributed by atoms with Gasteiger partial charge >= 0.3 is 6.18 Å². The minimum Gasteiger partial charge on any atom is -0.490 e. The van der Waals surface area contributed by atoms with Gasteiger partial charge in [-0.1, -0.05) is 0 Å². The first kappa shape index (κ1) is 23.3. The molecule has 0 saturated carbocycles. The molecule has 0 spiro atoms. The van der Waals surface area contributed by atoms with Gasteiger partial charge in [0.1, 0.15) is 6.61 Å². The highest BCUT2D eigenvalue weighted by molar-refractivity contribution is 5.95. The molecule has 0 radical (unpaired) electrons. The van der Waals surface area contributed by atoms with Crippen LogP contribution in [0.2, 0.25) is 0 Å². The predicted molar refractivity (Wildman–Crippen MR) is 103 cm³/mol. The Balaban J connectivity index is 1.80. The highest BCUT2D eigenvalue weighted by Gasteiger charge is 2.27. The number of hydrogen-bond donors (Lipinski definition) is 0. The summed E-state index contributed by atoms with van der Waals surface area (Å²) in [6.07, 6.45) is -3.75. The zero-order valence-electron chi connectivity index (χ0n) is 17.0. The van der Waals surface area contributed by atoms with Crippen molar-refractivity contribution in [1.29, 1.82) is 0 Å². The lowest BCUT2D eigenvalue weighted by Crippen LogP contribution is -2.49. The van der Waals surface area contributed by atoms with E-state index >= 15 is 0 Å². The van der Waals surface area contributed by atoms with E-state index < -0.39 is 12.8 Å². The van der Waals surface area contributed by atoms with Gasteiger partial charge in [0.25, 0.3) is 5.91 Å². The molecule has 1 aromatic rings. The SMILES string of the molecule is CCOc1ccc(C(=O)N2CCN(CCCOCC(F)(F)F)CC2)cc1OCC. The number of amides is 1. The summed E-state index contributed by atoms with van der Waals surface area (Å²) in [4.78, 5) is 16.7. The van der Waals surface area contributed by atoms with Gasteiger partial charge in [0, 0.05) is 44.9 Å². The zero-order chi connectivity index (χ0) is 21.3. The number of piperazine rings is 1. The lowest BCUT2D eigenvalue weighted by atomic mass is 10.1. The van der Waals surface area contributed by atoms with Crippen LogP contribution in [0.1, 0.15) is 30.6 Å². The second-order valence-electron chi connectivity index (χ2n) is 6.68. The first-order chi connectivity index (χ1) is 13.8. The van der Waals surface area contributed by atoms with Gasteiger partial charge in [-0.3, -0.25) is 9.69 Å². The molecule has 1 aromatic carbocycles. The van der Waals surface area contributed by atoms with Crippen LogP contribution in [0.15, 0.2) is 18.2 Å². The second kappa shape index (κ2) is 11.3. The van der Waals surface area contributed by atoms with E-state index in [1.165, 1.54) is 0 Å². The third kappa shape index (κ3) is 7.74. The molecule has 0 unspecified atom stereocenters. The van der Waals surface area contributed by atoms with Crippen molar-refractivity contribution in [3.05, 3.63) is 23.8 Å². The Hall–Kier alpha value is -2.00. The number of benzene rings is 1. The van der Waals surface area contributed by atoms with Gasteiger partial charge in [-0.2, -0.15) is 13.2 Å². The molecule has 0 aromatic heterocycles. The fourth-order valence-corrected chi connectivity index (χ4v) is 3.12. The normalized spacial score (nSPS) is 15.4. The number of alkyl halides is 3. The van der Waals surface area contributed by atoms with Crippen LogP contribution in [0, 0.1) is 0 Å². The van der Waals surface area contributed by atoms with Crippen LogP contribution in [0.5, 0.6) is 11.5 Å². The Kier molecular flexibility index (Phi) is 9.03. The summed E-state index contributed by atoms with van der Waals surface area (Å²) >= 11 is 0. The largest absolute Gasteiger partial charge is 0.490 e. The number of ether oxygens (including phenoxy) is 3.